The van der Waals surface area contributed by atoms with Crippen LogP contribution in [0.3, 0.4) is 0 Å². The molecule has 0 heterocycles. The van der Waals surface area contributed by atoms with Gasteiger partial charge in [-0.15, -0.1) is 0 Å². The van der Waals surface area contributed by atoms with Crippen LogP contribution in [0.4, 0.5) is 4.39 Å². The number of hydrogen-bond donors (Lipinski definition) is 0. The molecule has 0 aliphatic heterocycles. The Morgan fingerprint density at radius 2 is 1.76 bits per heavy atom. The van der Waals surface area contributed by atoms with Gasteiger partial charge in [-0.2, -0.15) is 0 Å². The van der Waals surface area contributed by atoms with Gasteiger partial charge in [-0.1, -0.05) is 12.1 Å². The number of nitrogens with zero attached hydrogens (tertiary/aromatic N) is 3. The quantitative estimate of drug-likeness (QED) is 0.579. The largest absolute Gasteiger partial charge is 0.349 e. The summed E-state index contributed by atoms with van der Waals surface area (Å²) in [5.74, 6) is 0.727. The number of benzene rings is 1. The number of halogens is 1. The average molecular weight is 237 g/mol. The summed E-state index contributed by atoms with van der Waals surface area (Å²) in [4.78, 5) is 8.42. The number of guanidine groups is 1. The Labute approximate surface area is 103 Å². The number of rotatable bonds is 2. The smallest absolute Gasteiger partial charge is 0.195 e. The molecule has 0 N–H and O–H groups in total. The van der Waals surface area contributed by atoms with Gasteiger partial charge in [-0.25, -0.2) is 9.38 Å². The van der Waals surface area contributed by atoms with Crippen molar-refractivity contribution in [3.8, 4) is 0 Å². The number of hydrogen-bond acceptors (Lipinski definition) is 1. The Morgan fingerprint density at radius 3 is 2.24 bits per heavy atom. The van der Waals surface area contributed by atoms with Gasteiger partial charge in [0.05, 0.1) is 6.54 Å². The van der Waals surface area contributed by atoms with Gasteiger partial charge in [-0.3, -0.25) is 0 Å². The van der Waals surface area contributed by atoms with Crippen LogP contribution in [0.15, 0.2) is 23.2 Å². The lowest BCUT2D eigenvalue weighted by Gasteiger charge is -2.22. The van der Waals surface area contributed by atoms with Crippen LogP contribution in [0.2, 0.25) is 0 Å². The minimum Gasteiger partial charge on any atom is -0.349 e. The van der Waals surface area contributed by atoms with Gasteiger partial charge < -0.3 is 9.80 Å². The number of aliphatic imine (C=N–C) groups is 1. The van der Waals surface area contributed by atoms with Crippen molar-refractivity contribution in [1.29, 1.82) is 0 Å². The van der Waals surface area contributed by atoms with Gasteiger partial charge in [0.2, 0.25) is 0 Å². The zero-order chi connectivity index (χ0) is 13.0. The van der Waals surface area contributed by atoms with Crippen molar-refractivity contribution in [2.75, 3.05) is 28.2 Å². The van der Waals surface area contributed by atoms with Crippen LogP contribution in [0.1, 0.15) is 11.1 Å². The summed E-state index contributed by atoms with van der Waals surface area (Å²) in [5, 5.41) is 0. The first-order chi connectivity index (χ1) is 7.91. The topological polar surface area (TPSA) is 18.8 Å². The molecule has 0 aliphatic carbocycles. The zero-order valence-electron chi connectivity index (χ0n) is 11.2. The van der Waals surface area contributed by atoms with Gasteiger partial charge in [-0.05, 0) is 24.1 Å². The Morgan fingerprint density at radius 1 is 1.18 bits per heavy atom. The molecule has 0 unspecified atom stereocenters. The zero-order valence-corrected chi connectivity index (χ0v) is 11.2. The molecule has 1 aromatic rings. The minimum atomic E-state index is -0.168. The average Bonchev–Trinajstić information content (AvgIpc) is 2.22. The Hall–Kier alpha value is -1.58. The van der Waals surface area contributed by atoms with Crippen LogP contribution >= 0.6 is 0 Å². The SMILES string of the molecule is Cc1cc(CN=C(N(C)C)N(C)C)ccc1F. The van der Waals surface area contributed by atoms with Crippen molar-refractivity contribution >= 4 is 5.96 Å². The Kier molecular flexibility index (Phi) is 4.49. The summed E-state index contributed by atoms with van der Waals surface area (Å²) < 4.78 is 13.1. The van der Waals surface area contributed by atoms with Crippen molar-refractivity contribution < 1.29 is 4.39 Å². The lowest BCUT2D eigenvalue weighted by atomic mass is 10.1. The summed E-state index contributed by atoms with van der Waals surface area (Å²) in [7, 11) is 7.81. The van der Waals surface area contributed by atoms with Crippen LogP contribution in [-0.4, -0.2) is 44.0 Å². The summed E-state index contributed by atoms with van der Waals surface area (Å²) >= 11 is 0. The fourth-order valence-corrected chi connectivity index (χ4v) is 1.65. The van der Waals surface area contributed by atoms with Crippen LogP contribution < -0.4 is 0 Å². The monoisotopic (exact) mass is 237 g/mol. The van der Waals surface area contributed by atoms with Gasteiger partial charge in [0.1, 0.15) is 5.82 Å². The molecule has 4 heteroatoms. The van der Waals surface area contributed by atoms with E-state index < -0.39 is 0 Å². The van der Waals surface area contributed by atoms with E-state index in [4.69, 9.17) is 0 Å². The maximum absolute atomic E-state index is 13.1. The van der Waals surface area contributed by atoms with Gasteiger partial charge in [0, 0.05) is 28.2 Å². The highest BCUT2D eigenvalue weighted by molar-refractivity contribution is 5.79. The van der Waals surface area contributed by atoms with Crippen LogP contribution in [0, 0.1) is 12.7 Å². The molecule has 0 amide bonds. The molecule has 0 bridgehead atoms. The predicted molar refractivity (Wildman–Crippen MR) is 69.7 cm³/mol. The van der Waals surface area contributed by atoms with E-state index in [1.54, 1.807) is 13.0 Å². The predicted octanol–water partition coefficient (Wildman–Crippen LogP) is 2.11. The van der Waals surface area contributed by atoms with E-state index in [0.29, 0.717) is 12.1 Å². The van der Waals surface area contributed by atoms with Crippen molar-refractivity contribution in [3.05, 3.63) is 35.1 Å². The maximum Gasteiger partial charge on any atom is 0.195 e. The third kappa shape index (κ3) is 3.73. The standard InChI is InChI=1S/C13H20FN3/c1-10-8-11(6-7-12(10)14)9-15-13(16(2)3)17(4)5/h6-8H,9H2,1-5H3. The van der Waals surface area contributed by atoms with E-state index in [1.165, 1.54) is 6.07 Å². The number of aryl methyl sites for hydroxylation is 1. The molecule has 1 rings (SSSR count). The van der Waals surface area contributed by atoms with Crippen molar-refractivity contribution in [3.63, 3.8) is 0 Å². The van der Waals surface area contributed by atoms with Crippen LogP contribution in [-0.2, 0) is 6.54 Å². The normalized spacial score (nSPS) is 10.0. The fourth-order valence-electron chi connectivity index (χ4n) is 1.65. The third-order valence-corrected chi connectivity index (χ3v) is 2.43. The molecular formula is C13H20FN3. The van der Waals surface area contributed by atoms with Crippen molar-refractivity contribution in [2.45, 2.75) is 13.5 Å². The second-order valence-electron chi connectivity index (χ2n) is 4.49. The molecule has 0 saturated carbocycles. The third-order valence-electron chi connectivity index (χ3n) is 2.43. The molecule has 3 nitrogen and oxygen atoms in total. The molecule has 0 fully saturated rings. The molecule has 94 valence electrons. The first-order valence-electron chi connectivity index (χ1n) is 5.56. The lowest BCUT2D eigenvalue weighted by Crippen LogP contribution is -2.35. The van der Waals surface area contributed by atoms with Crippen LogP contribution in [0.25, 0.3) is 0 Å². The molecule has 1 aromatic carbocycles. The summed E-state index contributed by atoms with van der Waals surface area (Å²) in [6.45, 7) is 2.33. The highest BCUT2D eigenvalue weighted by Gasteiger charge is 2.04. The summed E-state index contributed by atoms with van der Waals surface area (Å²) in [6, 6.07) is 5.10. The molecule has 0 saturated heterocycles. The molecule has 0 aromatic heterocycles. The van der Waals surface area contributed by atoms with Gasteiger partial charge >= 0.3 is 0 Å². The molecular weight excluding hydrogens is 217 g/mol. The molecule has 0 spiro atoms. The van der Waals surface area contributed by atoms with Crippen LogP contribution in [0.5, 0.6) is 0 Å². The van der Waals surface area contributed by atoms with E-state index in [9.17, 15) is 4.39 Å². The summed E-state index contributed by atoms with van der Waals surface area (Å²) in [6.07, 6.45) is 0. The van der Waals surface area contributed by atoms with E-state index in [-0.39, 0.29) is 5.82 Å². The fraction of sp³-hybridized carbons (Fsp3) is 0.462. The lowest BCUT2D eigenvalue weighted by molar-refractivity contribution is 0.479. The molecule has 17 heavy (non-hydrogen) atoms. The van der Waals surface area contributed by atoms with E-state index >= 15 is 0 Å². The summed E-state index contributed by atoms with van der Waals surface area (Å²) in [5.41, 5.74) is 1.68. The van der Waals surface area contributed by atoms with Crippen molar-refractivity contribution in [2.24, 2.45) is 4.99 Å². The molecule has 0 atom stereocenters. The first-order valence-corrected chi connectivity index (χ1v) is 5.56. The second-order valence-corrected chi connectivity index (χ2v) is 4.49. The Balaban J connectivity index is 2.83. The van der Waals surface area contributed by atoms with Gasteiger partial charge in [0.25, 0.3) is 0 Å². The molecule has 0 radical (unpaired) electrons. The Bertz CT molecular complexity index is 401. The van der Waals surface area contributed by atoms with Gasteiger partial charge in [0.15, 0.2) is 5.96 Å². The van der Waals surface area contributed by atoms with Crippen molar-refractivity contribution in [1.82, 2.24) is 9.80 Å². The highest BCUT2D eigenvalue weighted by Crippen LogP contribution is 2.10. The van der Waals surface area contributed by atoms with E-state index in [2.05, 4.69) is 4.99 Å². The molecule has 0 aliphatic rings. The minimum absolute atomic E-state index is 0.168. The maximum atomic E-state index is 13.1. The van der Waals surface area contributed by atoms with E-state index in [1.807, 2.05) is 44.1 Å². The van der Waals surface area contributed by atoms with E-state index in [0.717, 1.165) is 11.5 Å². The first kappa shape index (κ1) is 13.5. The second kappa shape index (κ2) is 5.66. The highest BCUT2D eigenvalue weighted by atomic mass is 19.1.